The third-order valence-corrected chi connectivity index (χ3v) is 3.53. The summed E-state index contributed by atoms with van der Waals surface area (Å²) in [6.07, 6.45) is 2.97. The molecule has 0 spiro atoms. The maximum Gasteiger partial charge on any atom is 0.339 e. The average molecular weight is 243 g/mol. The fourth-order valence-corrected chi connectivity index (χ4v) is 2.92. The quantitative estimate of drug-likeness (QED) is 0.712. The summed E-state index contributed by atoms with van der Waals surface area (Å²) in [6.45, 7) is 6.80. The molecule has 2 aliphatic heterocycles. The summed E-state index contributed by atoms with van der Waals surface area (Å²) in [5, 5.41) is 3.45. The van der Waals surface area contributed by atoms with Crippen LogP contribution in [-0.2, 0) is 11.2 Å². The van der Waals surface area contributed by atoms with Gasteiger partial charge < -0.3 is 10.1 Å². The number of ether oxygens (including phenoxy) is 1. The molecule has 3 heteroatoms. The second kappa shape index (κ2) is 3.61. The summed E-state index contributed by atoms with van der Waals surface area (Å²) in [6, 6.07) is 4.11. The molecule has 1 aromatic carbocycles. The number of rotatable bonds is 0. The lowest BCUT2D eigenvalue weighted by Crippen LogP contribution is -2.33. The van der Waals surface area contributed by atoms with E-state index < -0.39 is 0 Å². The van der Waals surface area contributed by atoms with E-state index in [0.717, 1.165) is 34.4 Å². The minimum atomic E-state index is -0.192. The molecule has 18 heavy (non-hydrogen) atoms. The Morgan fingerprint density at radius 2 is 2.06 bits per heavy atom. The minimum absolute atomic E-state index is 0.0795. The van der Waals surface area contributed by atoms with E-state index in [1.54, 1.807) is 0 Å². The zero-order valence-corrected chi connectivity index (χ0v) is 11.0. The van der Waals surface area contributed by atoms with E-state index in [9.17, 15) is 4.79 Å². The van der Waals surface area contributed by atoms with Crippen molar-refractivity contribution in [2.75, 3.05) is 11.9 Å². The van der Waals surface area contributed by atoms with Crippen LogP contribution in [0.5, 0.6) is 0 Å². The van der Waals surface area contributed by atoms with E-state index in [2.05, 4.69) is 38.2 Å². The Labute approximate surface area is 107 Å². The maximum absolute atomic E-state index is 12.0. The van der Waals surface area contributed by atoms with Gasteiger partial charge in [-0.3, -0.25) is 0 Å². The Morgan fingerprint density at radius 1 is 1.28 bits per heavy atom. The largest absolute Gasteiger partial charge is 0.462 e. The van der Waals surface area contributed by atoms with Gasteiger partial charge in [-0.15, -0.1) is 0 Å². The van der Waals surface area contributed by atoms with Crippen LogP contribution in [0.1, 0.15) is 42.3 Å². The second-order valence-corrected chi connectivity index (χ2v) is 5.58. The van der Waals surface area contributed by atoms with E-state index >= 15 is 0 Å². The molecule has 0 amide bonds. The van der Waals surface area contributed by atoms with Gasteiger partial charge in [0, 0.05) is 17.7 Å². The van der Waals surface area contributed by atoms with Crippen LogP contribution in [-0.4, -0.2) is 18.1 Å². The van der Waals surface area contributed by atoms with Crippen molar-refractivity contribution < 1.29 is 9.53 Å². The molecule has 0 saturated heterocycles. The lowest BCUT2D eigenvalue weighted by Gasteiger charge is -2.33. The van der Waals surface area contributed by atoms with Crippen LogP contribution in [0.15, 0.2) is 18.2 Å². The number of carbonyl (C=O) groups excluding carboxylic acids is 1. The molecule has 94 valence electrons. The van der Waals surface area contributed by atoms with Gasteiger partial charge >= 0.3 is 5.97 Å². The lowest BCUT2D eigenvalue weighted by atomic mass is 9.85. The average Bonchev–Trinajstić information content (AvgIpc) is 2.27. The summed E-state index contributed by atoms with van der Waals surface area (Å²) in [7, 11) is 0. The van der Waals surface area contributed by atoms with Gasteiger partial charge in [-0.1, -0.05) is 12.1 Å². The van der Waals surface area contributed by atoms with E-state index in [0.29, 0.717) is 6.61 Å². The zero-order chi connectivity index (χ0) is 12.9. The highest BCUT2D eigenvalue weighted by atomic mass is 16.5. The van der Waals surface area contributed by atoms with Gasteiger partial charge in [-0.2, -0.15) is 0 Å². The Balaban J connectivity index is 2.25. The van der Waals surface area contributed by atoms with Gasteiger partial charge in [0.15, 0.2) is 0 Å². The smallest absolute Gasteiger partial charge is 0.339 e. The number of cyclic esters (lactones) is 1. The van der Waals surface area contributed by atoms with Gasteiger partial charge in [0.1, 0.15) is 0 Å². The Hall–Kier alpha value is -1.77. The molecule has 0 fully saturated rings. The molecule has 0 radical (unpaired) electrons. The fraction of sp³-hybridized carbons (Fsp3) is 0.400. The van der Waals surface area contributed by atoms with E-state index in [1.807, 2.05) is 6.07 Å². The van der Waals surface area contributed by atoms with Crippen LogP contribution >= 0.6 is 0 Å². The summed E-state index contributed by atoms with van der Waals surface area (Å²) in [4.78, 5) is 12.0. The predicted octanol–water partition coefficient (Wildman–Crippen LogP) is 3.01. The number of allylic oxidation sites excluding steroid dienone is 1. The van der Waals surface area contributed by atoms with Gasteiger partial charge in [0.05, 0.1) is 17.7 Å². The number of esters is 1. The Morgan fingerprint density at radius 3 is 2.83 bits per heavy atom. The number of nitrogens with one attached hydrogen (secondary N) is 1. The zero-order valence-electron chi connectivity index (χ0n) is 11.0. The van der Waals surface area contributed by atoms with Crippen LogP contribution in [0.3, 0.4) is 0 Å². The first kappa shape index (κ1) is 11.3. The molecule has 0 atom stereocenters. The normalized spacial score (nSPS) is 20.2. The molecule has 0 aliphatic carbocycles. The predicted molar refractivity (Wildman–Crippen MR) is 71.8 cm³/mol. The third kappa shape index (κ3) is 1.62. The van der Waals surface area contributed by atoms with Crippen LogP contribution in [0.4, 0.5) is 5.69 Å². The van der Waals surface area contributed by atoms with Crippen molar-refractivity contribution in [1.82, 2.24) is 0 Å². The monoisotopic (exact) mass is 243 g/mol. The number of hydrogen-bond acceptors (Lipinski definition) is 3. The number of fused-ring (bicyclic) bond motifs is 3. The first-order valence-electron chi connectivity index (χ1n) is 6.29. The molecule has 3 rings (SSSR count). The van der Waals surface area contributed by atoms with Gasteiger partial charge in [0.2, 0.25) is 0 Å². The van der Waals surface area contributed by atoms with Crippen LogP contribution in [0, 0.1) is 0 Å². The number of benzene rings is 1. The molecular weight excluding hydrogens is 226 g/mol. The SMILES string of the molecule is CC1=CC(C)(C)Nc2ccc3c(c21)C(=O)OCC3. The molecule has 2 heterocycles. The van der Waals surface area contributed by atoms with Crippen LogP contribution in [0.25, 0.3) is 5.57 Å². The summed E-state index contributed by atoms with van der Waals surface area (Å²) in [5.41, 5.74) is 4.94. The Bertz CT molecular complexity index is 570. The number of anilines is 1. The van der Waals surface area contributed by atoms with E-state index in [1.165, 1.54) is 0 Å². The molecule has 1 aromatic rings. The molecule has 0 saturated carbocycles. The number of hydrogen-bond donors (Lipinski definition) is 1. The third-order valence-electron chi connectivity index (χ3n) is 3.53. The lowest BCUT2D eigenvalue weighted by molar-refractivity contribution is 0.0480. The van der Waals surface area contributed by atoms with E-state index in [-0.39, 0.29) is 11.5 Å². The summed E-state index contributed by atoms with van der Waals surface area (Å²) < 4.78 is 5.18. The second-order valence-electron chi connectivity index (χ2n) is 5.58. The van der Waals surface area contributed by atoms with Crippen molar-refractivity contribution >= 4 is 17.2 Å². The molecule has 1 N–H and O–H groups in total. The summed E-state index contributed by atoms with van der Waals surface area (Å²) in [5.74, 6) is -0.192. The highest BCUT2D eigenvalue weighted by molar-refractivity contribution is 6.01. The molecule has 2 aliphatic rings. The van der Waals surface area contributed by atoms with Crippen molar-refractivity contribution in [3.8, 4) is 0 Å². The first-order chi connectivity index (χ1) is 8.48. The first-order valence-corrected chi connectivity index (χ1v) is 6.29. The molecule has 3 nitrogen and oxygen atoms in total. The molecular formula is C15H17NO2. The molecule has 0 bridgehead atoms. The van der Waals surface area contributed by atoms with Crippen molar-refractivity contribution in [2.24, 2.45) is 0 Å². The van der Waals surface area contributed by atoms with Crippen LogP contribution < -0.4 is 5.32 Å². The highest BCUT2D eigenvalue weighted by Crippen LogP contribution is 2.38. The van der Waals surface area contributed by atoms with Crippen molar-refractivity contribution in [3.63, 3.8) is 0 Å². The van der Waals surface area contributed by atoms with Crippen LogP contribution in [0.2, 0.25) is 0 Å². The molecule has 0 unspecified atom stereocenters. The standard InChI is InChI=1S/C15H17NO2/c1-9-8-15(2,3)16-11-5-4-10-6-7-18-14(17)13(10)12(9)11/h4-5,8,16H,6-7H2,1-3H3. The summed E-state index contributed by atoms with van der Waals surface area (Å²) >= 11 is 0. The van der Waals surface area contributed by atoms with Crippen molar-refractivity contribution in [1.29, 1.82) is 0 Å². The van der Waals surface area contributed by atoms with Gasteiger partial charge in [-0.25, -0.2) is 4.79 Å². The maximum atomic E-state index is 12.0. The van der Waals surface area contributed by atoms with Crippen molar-refractivity contribution in [3.05, 3.63) is 34.9 Å². The fourth-order valence-electron chi connectivity index (χ4n) is 2.92. The number of carbonyl (C=O) groups is 1. The topological polar surface area (TPSA) is 38.3 Å². The van der Waals surface area contributed by atoms with Gasteiger partial charge in [0.25, 0.3) is 0 Å². The van der Waals surface area contributed by atoms with Gasteiger partial charge in [-0.05, 0) is 38.0 Å². The minimum Gasteiger partial charge on any atom is -0.462 e. The van der Waals surface area contributed by atoms with E-state index in [4.69, 9.17) is 4.74 Å². The molecule has 0 aromatic heterocycles. The highest BCUT2D eigenvalue weighted by Gasteiger charge is 2.30. The van der Waals surface area contributed by atoms with Crippen molar-refractivity contribution in [2.45, 2.75) is 32.7 Å². The Kier molecular flexibility index (Phi) is 2.27.